The molecule has 18 heavy (non-hydrogen) atoms. The molecule has 1 unspecified atom stereocenters. The molecule has 0 radical (unpaired) electrons. The monoisotopic (exact) mass is 285 g/mol. The van der Waals surface area contributed by atoms with Crippen molar-refractivity contribution in [1.29, 1.82) is 0 Å². The van der Waals surface area contributed by atoms with Crippen molar-refractivity contribution in [3.63, 3.8) is 0 Å². The number of cyclic esters (lactones) is 1. The smallest absolute Gasteiger partial charge is 0.422 e. The van der Waals surface area contributed by atoms with Gasteiger partial charge in [-0.05, 0) is 25.1 Å². The van der Waals surface area contributed by atoms with Crippen LogP contribution in [-0.2, 0) is 9.53 Å². The van der Waals surface area contributed by atoms with Gasteiger partial charge in [-0.3, -0.25) is 4.79 Å². The molecule has 0 bridgehead atoms. The van der Waals surface area contributed by atoms with Crippen LogP contribution >= 0.6 is 23.2 Å². The van der Waals surface area contributed by atoms with Gasteiger partial charge in [-0.15, -0.1) is 0 Å². The molecule has 1 heterocycles. The first kappa shape index (κ1) is 12.9. The SMILES string of the molecule is C=C(c1cc(Cl)cc(Cl)c1)N1C(=O)OC(C)C1=O. The van der Waals surface area contributed by atoms with Crippen molar-refractivity contribution in [2.75, 3.05) is 0 Å². The van der Waals surface area contributed by atoms with Crippen molar-refractivity contribution < 1.29 is 14.3 Å². The quantitative estimate of drug-likeness (QED) is 0.837. The normalized spacial score (nSPS) is 19.1. The zero-order chi connectivity index (χ0) is 13.4. The van der Waals surface area contributed by atoms with E-state index in [9.17, 15) is 9.59 Å². The molecule has 4 nitrogen and oxygen atoms in total. The first-order valence-corrected chi connectivity index (χ1v) is 5.85. The predicted octanol–water partition coefficient (Wildman–Crippen LogP) is 3.33. The molecule has 0 aliphatic carbocycles. The average Bonchev–Trinajstić information content (AvgIpc) is 2.51. The van der Waals surface area contributed by atoms with Gasteiger partial charge in [0.1, 0.15) is 0 Å². The Bertz CT molecular complexity index is 536. The Labute approximate surface area is 114 Å². The van der Waals surface area contributed by atoms with Crippen molar-refractivity contribution >= 4 is 40.9 Å². The van der Waals surface area contributed by atoms with Crippen LogP contribution in [0.1, 0.15) is 12.5 Å². The summed E-state index contributed by atoms with van der Waals surface area (Å²) in [6, 6.07) is 4.69. The zero-order valence-electron chi connectivity index (χ0n) is 9.44. The minimum absolute atomic E-state index is 0.193. The molecule has 1 aliphatic rings. The minimum atomic E-state index is -0.802. The number of ether oxygens (including phenoxy) is 1. The molecule has 1 fully saturated rings. The molecule has 1 aromatic rings. The van der Waals surface area contributed by atoms with Gasteiger partial charge in [0.05, 0.1) is 5.70 Å². The average molecular weight is 286 g/mol. The van der Waals surface area contributed by atoms with Gasteiger partial charge < -0.3 is 4.74 Å². The minimum Gasteiger partial charge on any atom is -0.436 e. The van der Waals surface area contributed by atoms with Crippen LogP contribution in [0, 0.1) is 0 Å². The topological polar surface area (TPSA) is 46.6 Å². The van der Waals surface area contributed by atoms with E-state index in [1.54, 1.807) is 18.2 Å². The van der Waals surface area contributed by atoms with E-state index in [2.05, 4.69) is 6.58 Å². The molecule has 0 N–H and O–H groups in total. The summed E-state index contributed by atoms with van der Waals surface area (Å²) in [5, 5.41) is 0.790. The van der Waals surface area contributed by atoms with Gasteiger partial charge in [-0.25, -0.2) is 9.69 Å². The van der Waals surface area contributed by atoms with E-state index in [1.165, 1.54) is 6.92 Å². The first-order chi connectivity index (χ1) is 8.40. The molecule has 1 saturated heterocycles. The molecular weight excluding hydrogens is 277 g/mol. The Morgan fingerprint density at radius 2 is 1.83 bits per heavy atom. The van der Waals surface area contributed by atoms with Crippen LogP contribution in [0.3, 0.4) is 0 Å². The molecule has 6 heteroatoms. The maximum Gasteiger partial charge on any atom is 0.422 e. The Kier molecular flexibility index (Phi) is 3.32. The number of amides is 2. The maximum absolute atomic E-state index is 11.8. The van der Waals surface area contributed by atoms with Gasteiger partial charge in [-0.2, -0.15) is 0 Å². The van der Waals surface area contributed by atoms with Crippen LogP contribution in [0.25, 0.3) is 5.70 Å². The highest BCUT2D eigenvalue weighted by atomic mass is 35.5. The fourth-order valence-corrected chi connectivity index (χ4v) is 2.14. The van der Waals surface area contributed by atoms with Crippen molar-refractivity contribution in [3.05, 3.63) is 40.4 Å². The molecule has 2 amide bonds. The summed E-state index contributed by atoms with van der Waals surface area (Å²) in [5.74, 6) is -0.457. The molecule has 1 aromatic carbocycles. The molecule has 94 valence electrons. The standard InChI is InChI=1S/C12H9Cl2NO3/c1-6(8-3-9(13)5-10(14)4-8)15-11(16)7(2)18-12(15)17/h3-5,7H,1H2,2H3. The summed E-state index contributed by atoms with van der Waals surface area (Å²) in [6.07, 6.45) is -1.54. The highest BCUT2D eigenvalue weighted by molar-refractivity contribution is 6.34. The van der Waals surface area contributed by atoms with Gasteiger partial charge in [0.2, 0.25) is 0 Å². The van der Waals surface area contributed by atoms with Crippen LogP contribution in [0.4, 0.5) is 4.79 Å². The second-order valence-electron chi connectivity index (χ2n) is 3.80. The van der Waals surface area contributed by atoms with Gasteiger partial charge in [0.25, 0.3) is 5.91 Å². The van der Waals surface area contributed by atoms with E-state index in [0.717, 1.165) is 4.90 Å². The highest BCUT2D eigenvalue weighted by Gasteiger charge is 2.39. The van der Waals surface area contributed by atoms with Crippen molar-refractivity contribution in [2.45, 2.75) is 13.0 Å². The van der Waals surface area contributed by atoms with E-state index in [1.807, 2.05) is 0 Å². The molecule has 0 spiro atoms. The van der Waals surface area contributed by atoms with E-state index in [0.29, 0.717) is 15.6 Å². The van der Waals surface area contributed by atoms with E-state index >= 15 is 0 Å². The van der Waals surface area contributed by atoms with E-state index in [4.69, 9.17) is 27.9 Å². The van der Waals surface area contributed by atoms with Gasteiger partial charge in [0.15, 0.2) is 6.10 Å². The Morgan fingerprint density at radius 3 is 2.28 bits per heavy atom. The fraction of sp³-hybridized carbons (Fsp3) is 0.167. The molecule has 0 saturated carbocycles. The Morgan fingerprint density at radius 1 is 1.28 bits per heavy atom. The fourth-order valence-electron chi connectivity index (χ4n) is 1.62. The van der Waals surface area contributed by atoms with E-state index < -0.39 is 18.1 Å². The lowest BCUT2D eigenvalue weighted by atomic mass is 10.1. The lowest BCUT2D eigenvalue weighted by Gasteiger charge is -2.14. The number of rotatable bonds is 2. The van der Waals surface area contributed by atoms with Gasteiger partial charge in [-0.1, -0.05) is 29.8 Å². The number of carbonyl (C=O) groups is 2. The second-order valence-corrected chi connectivity index (χ2v) is 4.68. The van der Waals surface area contributed by atoms with Crippen molar-refractivity contribution in [3.8, 4) is 0 Å². The van der Waals surface area contributed by atoms with Crippen LogP contribution in [0.2, 0.25) is 10.0 Å². The summed E-state index contributed by atoms with van der Waals surface area (Å²) < 4.78 is 4.80. The summed E-state index contributed by atoms with van der Waals surface area (Å²) in [5.41, 5.74) is 0.686. The lowest BCUT2D eigenvalue weighted by Crippen LogP contribution is -2.28. The maximum atomic E-state index is 11.8. The molecule has 1 atom stereocenters. The largest absolute Gasteiger partial charge is 0.436 e. The van der Waals surface area contributed by atoms with E-state index in [-0.39, 0.29) is 5.70 Å². The number of imide groups is 1. The van der Waals surface area contributed by atoms with Crippen molar-refractivity contribution in [2.24, 2.45) is 0 Å². The second kappa shape index (κ2) is 4.63. The number of hydrogen-bond donors (Lipinski definition) is 0. The Balaban J connectivity index is 2.37. The molecular formula is C12H9Cl2NO3. The molecule has 1 aliphatic heterocycles. The van der Waals surface area contributed by atoms with Crippen molar-refractivity contribution in [1.82, 2.24) is 4.90 Å². The zero-order valence-corrected chi connectivity index (χ0v) is 11.0. The van der Waals surface area contributed by atoms with Crippen LogP contribution in [0.15, 0.2) is 24.8 Å². The van der Waals surface area contributed by atoms with Crippen LogP contribution < -0.4 is 0 Å². The predicted molar refractivity (Wildman–Crippen MR) is 68.3 cm³/mol. The van der Waals surface area contributed by atoms with Crippen LogP contribution in [0.5, 0.6) is 0 Å². The number of hydrogen-bond acceptors (Lipinski definition) is 3. The number of halogens is 2. The molecule has 2 rings (SSSR count). The molecule has 0 aromatic heterocycles. The summed E-state index contributed by atoms with van der Waals surface area (Å²) in [7, 11) is 0. The summed E-state index contributed by atoms with van der Waals surface area (Å²) >= 11 is 11.7. The third-order valence-electron chi connectivity index (χ3n) is 2.49. The van der Waals surface area contributed by atoms with Gasteiger partial charge in [0, 0.05) is 15.6 Å². The first-order valence-electron chi connectivity index (χ1n) is 5.10. The van der Waals surface area contributed by atoms with Crippen LogP contribution in [-0.4, -0.2) is 23.0 Å². The Hall–Kier alpha value is -1.52. The number of nitrogens with zero attached hydrogens (tertiary/aromatic N) is 1. The third kappa shape index (κ3) is 2.21. The summed E-state index contributed by atoms with van der Waals surface area (Å²) in [4.78, 5) is 24.2. The highest BCUT2D eigenvalue weighted by Crippen LogP contribution is 2.28. The number of benzene rings is 1. The third-order valence-corrected chi connectivity index (χ3v) is 2.93. The summed E-state index contributed by atoms with van der Waals surface area (Å²) in [6.45, 7) is 5.21. The van der Waals surface area contributed by atoms with Gasteiger partial charge >= 0.3 is 6.09 Å². The lowest BCUT2D eigenvalue weighted by molar-refractivity contribution is -0.127. The number of carbonyl (C=O) groups excluding carboxylic acids is 2.